The third-order valence-electron chi connectivity index (χ3n) is 4.24. The molecule has 1 fully saturated rings. The molecule has 2 aromatic rings. The topological polar surface area (TPSA) is 86.8 Å². The summed E-state index contributed by atoms with van der Waals surface area (Å²) in [4.78, 5) is 51.2. The van der Waals surface area contributed by atoms with Crippen molar-refractivity contribution < 1.29 is 23.6 Å². The summed E-state index contributed by atoms with van der Waals surface area (Å²) in [5, 5.41) is 4.59. The number of hydrogen-bond acceptors (Lipinski definition) is 5. The van der Waals surface area contributed by atoms with Gasteiger partial charge in [0.15, 0.2) is 0 Å². The van der Waals surface area contributed by atoms with Crippen molar-refractivity contribution in [3.63, 3.8) is 0 Å². The Labute approximate surface area is 164 Å². The first-order valence-electron chi connectivity index (χ1n) is 8.57. The van der Waals surface area contributed by atoms with Crippen LogP contribution < -0.4 is 5.32 Å². The minimum absolute atomic E-state index is 0.402. The van der Waals surface area contributed by atoms with E-state index in [1.807, 2.05) is 17.5 Å². The maximum atomic E-state index is 13.2. The summed E-state index contributed by atoms with van der Waals surface area (Å²) in [7, 11) is 0. The third kappa shape index (κ3) is 3.79. The normalized spacial score (nSPS) is 15.5. The van der Waals surface area contributed by atoms with Gasteiger partial charge in [-0.25, -0.2) is 14.1 Å². The smallest absolute Gasteiger partial charge is 0.334 e. The molecule has 0 bridgehead atoms. The number of nitrogens with one attached hydrogen (secondary N) is 1. The van der Waals surface area contributed by atoms with Crippen LogP contribution in [-0.2, 0) is 14.4 Å². The zero-order valence-corrected chi connectivity index (χ0v) is 16.0. The maximum Gasteiger partial charge on any atom is 0.334 e. The van der Waals surface area contributed by atoms with Crippen molar-refractivity contribution in [3.8, 4) is 0 Å². The van der Waals surface area contributed by atoms with E-state index in [1.54, 1.807) is 26.0 Å². The van der Waals surface area contributed by atoms with Crippen molar-refractivity contribution in [2.75, 3.05) is 6.54 Å². The van der Waals surface area contributed by atoms with Crippen LogP contribution in [0.25, 0.3) is 0 Å². The van der Waals surface area contributed by atoms with E-state index in [4.69, 9.17) is 0 Å². The molecular formula is C19H18FN3O4S. The second-order valence-electron chi connectivity index (χ2n) is 6.51. The molecule has 0 unspecified atom stereocenters. The van der Waals surface area contributed by atoms with Gasteiger partial charge in [-0.3, -0.25) is 19.3 Å². The van der Waals surface area contributed by atoms with E-state index in [0.29, 0.717) is 10.5 Å². The molecule has 1 aromatic heterocycles. The minimum atomic E-state index is -1.02. The second kappa shape index (κ2) is 7.89. The predicted molar refractivity (Wildman–Crippen MR) is 99.8 cm³/mol. The van der Waals surface area contributed by atoms with Crippen LogP contribution in [0.2, 0.25) is 0 Å². The monoisotopic (exact) mass is 403 g/mol. The number of amides is 5. The number of halogens is 1. The van der Waals surface area contributed by atoms with Gasteiger partial charge in [-0.05, 0) is 43.0 Å². The number of nitrogens with zero attached hydrogens (tertiary/aromatic N) is 2. The van der Waals surface area contributed by atoms with E-state index in [0.717, 1.165) is 9.78 Å². The number of carbonyl (C=O) groups excluding carboxylic acids is 4. The number of hydrogen-bond donors (Lipinski definition) is 1. The molecule has 0 spiro atoms. The number of urea groups is 1. The van der Waals surface area contributed by atoms with Gasteiger partial charge >= 0.3 is 17.8 Å². The van der Waals surface area contributed by atoms with Crippen LogP contribution in [0, 0.1) is 5.82 Å². The van der Waals surface area contributed by atoms with Gasteiger partial charge in [0.05, 0.1) is 6.04 Å². The molecule has 3 rings (SSSR count). The van der Waals surface area contributed by atoms with Gasteiger partial charge in [0.1, 0.15) is 12.4 Å². The zero-order valence-electron chi connectivity index (χ0n) is 15.2. The molecule has 1 aliphatic heterocycles. The van der Waals surface area contributed by atoms with Gasteiger partial charge in [0.25, 0.3) is 0 Å². The largest absolute Gasteiger partial charge is 0.343 e. The van der Waals surface area contributed by atoms with Crippen LogP contribution in [0.5, 0.6) is 0 Å². The first-order valence-corrected chi connectivity index (χ1v) is 9.44. The second-order valence-corrected chi connectivity index (χ2v) is 7.49. The molecule has 1 saturated heterocycles. The average molecular weight is 403 g/mol. The molecule has 7 nitrogen and oxygen atoms in total. The van der Waals surface area contributed by atoms with Crippen LogP contribution in [0.1, 0.15) is 30.3 Å². The molecule has 1 atom stereocenters. The SMILES string of the molecule is CC(C)N1C(=O)C(=O)N(CC(=O)N[C@H](c2ccc(F)cc2)c2cccs2)C1=O. The molecular weight excluding hydrogens is 385 g/mol. The van der Waals surface area contributed by atoms with Gasteiger partial charge in [0.2, 0.25) is 5.91 Å². The van der Waals surface area contributed by atoms with E-state index >= 15 is 0 Å². The van der Waals surface area contributed by atoms with Crippen molar-refractivity contribution in [2.24, 2.45) is 0 Å². The number of rotatable bonds is 6. The van der Waals surface area contributed by atoms with E-state index in [-0.39, 0.29) is 0 Å². The van der Waals surface area contributed by atoms with Gasteiger partial charge in [-0.15, -0.1) is 11.3 Å². The summed E-state index contributed by atoms with van der Waals surface area (Å²) >= 11 is 1.40. The molecule has 0 saturated carbocycles. The Morgan fingerprint density at radius 1 is 1.11 bits per heavy atom. The highest BCUT2D eigenvalue weighted by Gasteiger charge is 2.46. The first kappa shape index (κ1) is 19.7. The predicted octanol–water partition coefficient (Wildman–Crippen LogP) is 2.29. The third-order valence-corrected chi connectivity index (χ3v) is 5.18. The molecule has 0 aliphatic carbocycles. The summed E-state index contributed by atoms with van der Waals surface area (Å²) in [5.41, 5.74) is 0.649. The molecule has 28 heavy (non-hydrogen) atoms. The zero-order chi connectivity index (χ0) is 20.4. The summed E-state index contributed by atoms with van der Waals surface area (Å²) in [6.07, 6.45) is 0. The number of imide groups is 2. The average Bonchev–Trinajstić information content (AvgIpc) is 3.24. The Balaban J connectivity index is 1.78. The highest BCUT2D eigenvalue weighted by Crippen LogP contribution is 2.26. The summed E-state index contributed by atoms with van der Waals surface area (Å²) in [6.45, 7) is 2.64. The lowest BCUT2D eigenvalue weighted by atomic mass is 10.1. The van der Waals surface area contributed by atoms with Gasteiger partial charge < -0.3 is 5.32 Å². The molecule has 2 heterocycles. The molecule has 146 valence electrons. The van der Waals surface area contributed by atoms with Crippen molar-refractivity contribution in [1.29, 1.82) is 0 Å². The van der Waals surface area contributed by atoms with Gasteiger partial charge in [0, 0.05) is 10.9 Å². The Morgan fingerprint density at radius 3 is 2.32 bits per heavy atom. The fraction of sp³-hybridized carbons (Fsp3) is 0.263. The van der Waals surface area contributed by atoms with Crippen LogP contribution in [-0.4, -0.2) is 46.1 Å². The highest BCUT2D eigenvalue weighted by atomic mass is 32.1. The van der Waals surface area contributed by atoms with Crippen molar-refractivity contribution >= 4 is 35.1 Å². The number of thiophene rings is 1. The summed E-state index contributed by atoms with van der Waals surface area (Å²) < 4.78 is 13.2. The summed E-state index contributed by atoms with van der Waals surface area (Å²) in [5.74, 6) is -2.98. The lowest BCUT2D eigenvalue weighted by Crippen LogP contribution is -2.43. The Hall–Kier alpha value is -3.07. The lowest BCUT2D eigenvalue weighted by Gasteiger charge is -2.21. The fourth-order valence-corrected chi connectivity index (χ4v) is 3.70. The van der Waals surface area contributed by atoms with E-state index < -0.39 is 48.2 Å². The Morgan fingerprint density at radius 2 is 1.79 bits per heavy atom. The molecule has 5 amide bonds. The fourth-order valence-electron chi connectivity index (χ4n) is 2.90. The Bertz CT molecular complexity index is 912. The van der Waals surface area contributed by atoms with Crippen molar-refractivity contribution in [2.45, 2.75) is 25.9 Å². The molecule has 1 N–H and O–H groups in total. The van der Waals surface area contributed by atoms with Crippen LogP contribution in [0.15, 0.2) is 41.8 Å². The highest BCUT2D eigenvalue weighted by molar-refractivity contribution is 7.10. The van der Waals surface area contributed by atoms with E-state index in [2.05, 4.69) is 5.32 Å². The van der Waals surface area contributed by atoms with E-state index in [1.165, 1.54) is 23.5 Å². The van der Waals surface area contributed by atoms with E-state index in [9.17, 15) is 23.6 Å². The van der Waals surface area contributed by atoms with Gasteiger partial charge in [-0.1, -0.05) is 18.2 Å². The molecule has 1 aliphatic rings. The van der Waals surface area contributed by atoms with Crippen LogP contribution in [0.3, 0.4) is 0 Å². The molecule has 0 radical (unpaired) electrons. The molecule has 9 heteroatoms. The standard InChI is InChI=1S/C19H18FN3O4S/c1-11(2)23-18(26)17(25)22(19(23)27)10-15(24)21-16(14-4-3-9-28-14)12-5-7-13(20)8-6-12/h3-9,11,16H,10H2,1-2H3,(H,21,24)/t16-/m1/s1. The number of benzene rings is 1. The summed E-state index contributed by atoms with van der Waals surface area (Å²) in [6, 6.07) is 7.43. The minimum Gasteiger partial charge on any atom is -0.343 e. The van der Waals surface area contributed by atoms with Crippen LogP contribution >= 0.6 is 11.3 Å². The number of carbonyl (C=O) groups is 4. The first-order chi connectivity index (χ1) is 13.3. The van der Waals surface area contributed by atoms with Gasteiger partial charge in [-0.2, -0.15) is 0 Å². The van der Waals surface area contributed by atoms with Crippen molar-refractivity contribution in [1.82, 2.24) is 15.1 Å². The lowest BCUT2D eigenvalue weighted by molar-refractivity contribution is -0.144. The van der Waals surface area contributed by atoms with Crippen molar-refractivity contribution in [3.05, 3.63) is 58.0 Å². The maximum absolute atomic E-state index is 13.2. The van der Waals surface area contributed by atoms with Crippen LogP contribution in [0.4, 0.5) is 9.18 Å². The molecule has 1 aromatic carbocycles. The quantitative estimate of drug-likeness (QED) is 0.592. The Kier molecular flexibility index (Phi) is 5.55.